The highest BCUT2D eigenvalue weighted by Crippen LogP contribution is 2.40. The average molecular weight is 236 g/mol. The first-order chi connectivity index (χ1) is 8.18. The summed E-state index contributed by atoms with van der Waals surface area (Å²) < 4.78 is 1.94. The fraction of sp³-hybridized carbons (Fsp3) is 0.786. The number of hydrogen-bond acceptors (Lipinski definition) is 2. The molecular formula is C14H24N2O. The van der Waals surface area contributed by atoms with Crippen molar-refractivity contribution in [3.8, 4) is 0 Å². The molecule has 1 aromatic rings. The Kier molecular flexibility index (Phi) is 3.87. The highest BCUT2D eigenvalue weighted by Gasteiger charge is 2.35. The molecule has 1 saturated carbocycles. The van der Waals surface area contributed by atoms with E-state index in [9.17, 15) is 5.11 Å². The van der Waals surface area contributed by atoms with Crippen molar-refractivity contribution in [3.63, 3.8) is 0 Å². The zero-order chi connectivity index (χ0) is 12.3. The summed E-state index contributed by atoms with van der Waals surface area (Å²) >= 11 is 0. The molecule has 1 N–H and O–H groups in total. The van der Waals surface area contributed by atoms with Gasteiger partial charge in [-0.25, -0.2) is 0 Å². The summed E-state index contributed by atoms with van der Waals surface area (Å²) in [4.78, 5) is 0. The zero-order valence-corrected chi connectivity index (χ0v) is 11.0. The van der Waals surface area contributed by atoms with Crippen molar-refractivity contribution < 1.29 is 5.11 Å². The van der Waals surface area contributed by atoms with Crippen LogP contribution < -0.4 is 0 Å². The van der Waals surface area contributed by atoms with E-state index >= 15 is 0 Å². The number of nitrogens with zero attached hydrogens (tertiary/aromatic N) is 2. The third-order valence-electron chi connectivity index (χ3n) is 4.13. The highest BCUT2D eigenvalue weighted by atomic mass is 16.3. The van der Waals surface area contributed by atoms with E-state index in [1.165, 1.54) is 6.42 Å². The zero-order valence-electron chi connectivity index (χ0n) is 11.0. The maximum absolute atomic E-state index is 10.7. The van der Waals surface area contributed by atoms with Crippen molar-refractivity contribution in [3.05, 3.63) is 18.0 Å². The van der Waals surface area contributed by atoms with Gasteiger partial charge in [0, 0.05) is 18.3 Å². The molecular weight excluding hydrogens is 212 g/mol. The SMILES string of the molecule is CCCn1cc(C2(O)CCC(CC)CC2)cn1. The molecule has 0 aromatic carbocycles. The maximum Gasteiger partial charge on any atom is 0.0927 e. The Morgan fingerprint density at radius 1 is 1.41 bits per heavy atom. The van der Waals surface area contributed by atoms with Crippen LogP contribution in [0.15, 0.2) is 12.4 Å². The summed E-state index contributed by atoms with van der Waals surface area (Å²) in [7, 11) is 0. The number of aryl methyl sites for hydroxylation is 1. The molecule has 1 aliphatic rings. The smallest absolute Gasteiger partial charge is 0.0927 e. The fourth-order valence-electron chi connectivity index (χ4n) is 2.81. The number of aliphatic hydroxyl groups is 1. The minimum atomic E-state index is -0.613. The molecule has 0 spiro atoms. The molecule has 1 heterocycles. The van der Waals surface area contributed by atoms with Crippen LogP contribution in [-0.4, -0.2) is 14.9 Å². The van der Waals surface area contributed by atoms with Crippen molar-refractivity contribution in [1.82, 2.24) is 9.78 Å². The summed E-state index contributed by atoms with van der Waals surface area (Å²) in [6.07, 6.45) is 10.3. The van der Waals surface area contributed by atoms with Crippen LogP contribution in [0.2, 0.25) is 0 Å². The van der Waals surface area contributed by atoms with Gasteiger partial charge in [-0.1, -0.05) is 20.3 Å². The molecule has 96 valence electrons. The van der Waals surface area contributed by atoms with Crippen molar-refractivity contribution >= 4 is 0 Å². The number of aromatic nitrogens is 2. The summed E-state index contributed by atoms with van der Waals surface area (Å²) in [6, 6.07) is 0. The van der Waals surface area contributed by atoms with Gasteiger partial charge in [-0.3, -0.25) is 4.68 Å². The molecule has 0 bridgehead atoms. The standard InChI is InChI=1S/C14H24N2O/c1-3-9-16-11-13(10-15-16)14(17)7-5-12(4-2)6-8-14/h10-12,17H,3-9H2,1-2H3. The Hall–Kier alpha value is -0.830. The highest BCUT2D eigenvalue weighted by molar-refractivity contribution is 5.16. The van der Waals surface area contributed by atoms with Gasteiger partial charge in [0.25, 0.3) is 0 Å². The van der Waals surface area contributed by atoms with Crippen LogP contribution in [0.3, 0.4) is 0 Å². The molecule has 0 unspecified atom stereocenters. The fourth-order valence-corrected chi connectivity index (χ4v) is 2.81. The molecule has 0 aliphatic heterocycles. The van der Waals surface area contributed by atoms with E-state index in [2.05, 4.69) is 18.9 Å². The second kappa shape index (κ2) is 5.21. The van der Waals surface area contributed by atoms with E-state index in [0.717, 1.165) is 50.1 Å². The molecule has 0 saturated heterocycles. The average Bonchev–Trinajstić information content (AvgIpc) is 2.80. The Morgan fingerprint density at radius 2 is 2.12 bits per heavy atom. The molecule has 1 aromatic heterocycles. The van der Waals surface area contributed by atoms with Gasteiger partial charge < -0.3 is 5.11 Å². The van der Waals surface area contributed by atoms with Crippen molar-refractivity contribution in [1.29, 1.82) is 0 Å². The lowest BCUT2D eigenvalue weighted by Gasteiger charge is -2.35. The minimum absolute atomic E-state index is 0.613. The van der Waals surface area contributed by atoms with Gasteiger partial charge in [0.1, 0.15) is 0 Å². The lowest BCUT2D eigenvalue weighted by atomic mass is 9.75. The van der Waals surface area contributed by atoms with Crippen LogP contribution >= 0.6 is 0 Å². The summed E-state index contributed by atoms with van der Waals surface area (Å²) in [5.41, 5.74) is 0.401. The predicted octanol–water partition coefficient (Wildman–Crippen LogP) is 3.08. The van der Waals surface area contributed by atoms with Crippen LogP contribution in [0.1, 0.15) is 57.9 Å². The van der Waals surface area contributed by atoms with E-state index in [4.69, 9.17) is 0 Å². The van der Waals surface area contributed by atoms with E-state index in [-0.39, 0.29) is 0 Å². The van der Waals surface area contributed by atoms with Crippen molar-refractivity contribution in [2.24, 2.45) is 5.92 Å². The molecule has 0 radical (unpaired) electrons. The van der Waals surface area contributed by atoms with Crippen molar-refractivity contribution in [2.45, 2.75) is 64.5 Å². The topological polar surface area (TPSA) is 38.0 Å². The van der Waals surface area contributed by atoms with Crippen LogP contribution in [0.4, 0.5) is 0 Å². The Balaban J connectivity index is 2.05. The molecule has 3 nitrogen and oxygen atoms in total. The molecule has 2 rings (SSSR count). The van der Waals surface area contributed by atoms with Crippen LogP contribution in [0.5, 0.6) is 0 Å². The first kappa shape index (κ1) is 12.6. The number of hydrogen-bond donors (Lipinski definition) is 1. The Labute approximate surface area is 104 Å². The predicted molar refractivity (Wildman–Crippen MR) is 68.7 cm³/mol. The minimum Gasteiger partial charge on any atom is -0.385 e. The second-order valence-corrected chi connectivity index (χ2v) is 5.38. The summed E-state index contributed by atoms with van der Waals surface area (Å²) in [6.45, 7) is 5.32. The third kappa shape index (κ3) is 2.71. The van der Waals surface area contributed by atoms with Gasteiger partial charge in [-0.2, -0.15) is 5.10 Å². The molecule has 17 heavy (non-hydrogen) atoms. The summed E-state index contributed by atoms with van der Waals surface area (Å²) in [5, 5.41) is 15.0. The summed E-state index contributed by atoms with van der Waals surface area (Å²) in [5.74, 6) is 0.806. The monoisotopic (exact) mass is 236 g/mol. The molecule has 0 amide bonds. The van der Waals surface area contributed by atoms with E-state index in [0.29, 0.717) is 0 Å². The lowest BCUT2D eigenvalue weighted by molar-refractivity contribution is -0.0146. The maximum atomic E-state index is 10.7. The molecule has 3 heteroatoms. The number of rotatable bonds is 4. The Morgan fingerprint density at radius 3 is 2.71 bits per heavy atom. The quantitative estimate of drug-likeness (QED) is 0.872. The molecule has 1 fully saturated rings. The van der Waals surface area contributed by atoms with Gasteiger partial charge in [0.05, 0.1) is 11.8 Å². The van der Waals surface area contributed by atoms with Gasteiger partial charge in [0.15, 0.2) is 0 Å². The van der Waals surface area contributed by atoms with Crippen LogP contribution in [-0.2, 0) is 12.1 Å². The van der Waals surface area contributed by atoms with Gasteiger partial charge in [0.2, 0.25) is 0 Å². The van der Waals surface area contributed by atoms with Gasteiger partial charge >= 0.3 is 0 Å². The van der Waals surface area contributed by atoms with E-state index in [1.54, 1.807) is 0 Å². The largest absolute Gasteiger partial charge is 0.385 e. The molecule has 0 atom stereocenters. The van der Waals surface area contributed by atoms with Gasteiger partial charge in [-0.15, -0.1) is 0 Å². The van der Waals surface area contributed by atoms with Crippen molar-refractivity contribution in [2.75, 3.05) is 0 Å². The van der Waals surface area contributed by atoms with Crippen LogP contribution in [0, 0.1) is 5.92 Å². The van der Waals surface area contributed by atoms with Crippen LogP contribution in [0.25, 0.3) is 0 Å². The third-order valence-corrected chi connectivity index (χ3v) is 4.13. The first-order valence-electron chi connectivity index (χ1n) is 6.93. The van der Waals surface area contributed by atoms with E-state index < -0.39 is 5.60 Å². The first-order valence-corrected chi connectivity index (χ1v) is 6.93. The molecule has 1 aliphatic carbocycles. The lowest BCUT2D eigenvalue weighted by Crippen LogP contribution is -2.31. The second-order valence-electron chi connectivity index (χ2n) is 5.38. The normalized spacial score (nSPS) is 29.5. The van der Waals surface area contributed by atoms with E-state index in [1.807, 2.05) is 17.1 Å². The Bertz CT molecular complexity index is 351. The van der Waals surface area contributed by atoms with Gasteiger partial charge in [-0.05, 0) is 38.0 Å².